The number of halogens is 1. The quantitative estimate of drug-likeness (QED) is 0.846. The molecule has 1 unspecified atom stereocenters. The molecule has 1 aromatic carbocycles. The first-order chi connectivity index (χ1) is 11.5. The van der Waals surface area contributed by atoms with Crippen molar-refractivity contribution in [3.63, 3.8) is 0 Å². The fourth-order valence-corrected chi connectivity index (χ4v) is 4.43. The van der Waals surface area contributed by atoms with E-state index >= 15 is 0 Å². The molecule has 3 rings (SSSR count). The third-order valence-electron chi connectivity index (χ3n) is 5.71. The third kappa shape index (κ3) is 3.62. The number of hydrogen-bond acceptors (Lipinski definition) is 3. The minimum Gasteiger partial charge on any atom is -0.384 e. The average Bonchev–Trinajstić information content (AvgIpc) is 2.83. The Balaban J connectivity index is 1.59. The van der Waals surface area contributed by atoms with Crippen molar-refractivity contribution in [1.82, 2.24) is 9.80 Å². The van der Waals surface area contributed by atoms with Crippen molar-refractivity contribution in [2.45, 2.75) is 19.3 Å². The SMILES string of the molecule is COCC1CN(C)CC12CCN(C(=O)Cc1cccc(F)c1)CC2. The van der Waals surface area contributed by atoms with E-state index in [4.69, 9.17) is 4.74 Å². The standard InChI is InChI=1S/C19H27FN2O2/c1-21-12-16(13-24-2)19(14-21)6-8-22(9-7-19)18(23)11-15-4-3-5-17(20)10-15/h3-5,10,16H,6-9,11-14H2,1-2H3. The lowest BCUT2D eigenvalue weighted by molar-refractivity contribution is -0.133. The second-order valence-electron chi connectivity index (χ2n) is 7.40. The van der Waals surface area contributed by atoms with Crippen LogP contribution in [0.4, 0.5) is 4.39 Å². The molecule has 2 heterocycles. The summed E-state index contributed by atoms with van der Waals surface area (Å²) in [5.74, 6) is 0.368. The van der Waals surface area contributed by atoms with Crippen LogP contribution in [0.2, 0.25) is 0 Å². The number of hydrogen-bond donors (Lipinski definition) is 0. The van der Waals surface area contributed by atoms with Crippen LogP contribution in [-0.2, 0) is 16.0 Å². The Bertz CT molecular complexity index is 584. The summed E-state index contributed by atoms with van der Waals surface area (Å²) in [6, 6.07) is 6.33. The Labute approximate surface area is 143 Å². The summed E-state index contributed by atoms with van der Waals surface area (Å²) in [5.41, 5.74) is 1.03. The van der Waals surface area contributed by atoms with Crippen LogP contribution < -0.4 is 0 Å². The van der Waals surface area contributed by atoms with Crippen molar-refractivity contribution in [1.29, 1.82) is 0 Å². The molecule has 0 saturated carbocycles. The number of carbonyl (C=O) groups excluding carboxylic acids is 1. The van der Waals surface area contributed by atoms with Crippen molar-refractivity contribution in [3.05, 3.63) is 35.6 Å². The number of piperidine rings is 1. The molecule has 0 aliphatic carbocycles. The van der Waals surface area contributed by atoms with E-state index in [-0.39, 0.29) is 23.6 Å². The Kier molecular flexibility index (Phi) is 5.21. The van der Waals surface area contributed by atoms with Crippen molar-refractivity contribution in [3.8, 4) is 0 Å². The normalized spacial score (nSPS) is 23.8. The third-order valence-corrected chi connectivity index (χ3v) is 5.71. The van der Waals surface area contributed by atoms with E-state index in [1.807, 2.05) is 11.0 Å². The zero-order chi connectivity index (χ0) is 17.2. The van der Waals surface area contributed by atoms with Gasteiger partial charge in [-0.05, 0) is 43.0 Å². The molecule has 1 amide bonds. The van der Waals surface area contributed by atoms with Crippen LogP contribution in [0, 0.1) is 17.2 Å². The monoisotopic (exact) mass is 334 g/mol. The summed E-state index contributed by atoms with van der Waals surface area (Å²) in [4.78, 5) is 16.8. The molecule has 1 aromatic rings. The van der Waals surface area contributed by atoms with Gasteiger partial charge in [0.2, 0.25) is 5.91 Å². The van der Waals surface area contributed by atoms with E-state index in [0.29, 0.717) is 5.92 Å². The number of benzene rings is 1. The first-order valence-corrected chi connectivity index (χ1v) is 8.72. The smallest absolute Gasteiger partial charge is 0.226 e. The van der Waals surface area contributed by atoms with Crippen molar-refractivity contribution >= 4 is 5.91 Å². The van der Waals surface area contributed by atoms with E-state index in [1.165, 1.54) is 12.1 Å². The molecule has 5 heteroatoms. The van der Waals surface area contributed by atoms with Gasteiger partial charge in [0.15, 0.2) is 0 Å². The number of likely N-dealkylation sites (tertiary alicyclic amines) is 2. The minimum atomic E-state index is -0.283. The van der Waals surface area contributed by atoms with Crippen LogP contribution in [0.15, 0.2) is 24.3 Å². The van der Waals surface area contributed by atoms with Crippen LogP contribution >= 0.6 is 0 Å². The van der Waals surface area contributed by atoms with E-state index in [2.05, 4.69) is 11.9 Å². The number of amides is 1. The topological polar surface area (TPSA) is 32.8 Å². The first kappa shape index (κ1) is 17.4. The maximum Gasteiger partial charge on any atom is 0.226 e. The van der Waals surface area contributed by atoms with Gasteiger partial charge in [0.25, 0.3) is 0 Å². The van der Waals surface area contributed by atoms with Gasteiger partial charge in [-0.2, -0.15) is 0 Å². The molecule has 1 atom stereocenters. The Hall–Kier alpha value is -1.46. The molecule has 0 bridgehead atoms. The average molecular weight is 334 g/mol. The minimum absolute atomic E-state index is 0.102. The maximum atomic E-state index is 13.3. The Morgan fingerprint density at radius 2 is 2.12 bits per heavy atom. The molecule has 0 radical (unpaired) electrons. The van der Waals surface area contributed by atoms with Gasteiger partial charge in [-0.1, -0.05) is 12.1 Å². The Morgan fingerprint density at radius 1 is 1.38 bits per heavy atom. The van der Waals surface area contributed by atoms with E-state index < -0.39 is 0 Å². The summed E-state index contributed by atoms with van der Waals surface area (Å²) >= 11 is 0. The second-order valence-corrected chi connectivity index (χ2v) is 7.40. The van der Waals surface area contributed by atoms with E-state index in [0.717, 1.165) is 51.2 Å². The lowest BCUT2D eigenvalue weighted by Gasteiger charge is -2.42. The summed E-state index contributed by atoms with van der Waals surface area (Å²) in [7, 11) is 3.93. The van der Waals surface area contributed by atoms with Gasteiger partial charge in [0, 0.05) is 39.2 Å². The van der Waals surface area contributed by atoms with Gasteiger partial charge in [-0.15, -0.1) is 0 Å². The zero-order valence-electron chi connectivity index (χ0n) is 14.6. The molecule has 24 heavy (non-hydrogen) atoms. The summed E-state index contributed by atoms with van der Waals surface area (Å²) < 4.78 is 18.7. The molecular weight excluding hydrogens is 307 g/mol. The molecule has 1 spiro atoms. The van der Waals surface area contributed by atoms with Crippen LogP contribution in [-0.4, -0.2) is 62.7 Å². The van der Waals surface area contributed by atoms with Crippen molar-refractivity contribution in [2.24, 2.45) is 11.3 Å². The largest absolute Gasteiger partial charge is 0.384 e. The highest BCUT2D eigenvalue weighted by molar-refractivity contribution is 5.78. The highest BCUT2D eigenvalue weighted by Gasteiger charge is 2.47. The van der Waals surface area contributed by atoms with Gasteiger partial charge < -0.3 is 14.5 Å². The second kappa shape index (κ2) is 7.19. The van der Waals surface area contributed by atoms with Gasteiger partial charge in [-0.3, -0.25) is 4.79 Å². The molecule has 2 saturated heterocycles. The van der Waals surface area contributed by atoms with E-state index in [9.17, 15) is 9.18 Å². The van der Waals surface area contributed by atoms with Crippen molar-refractivity contribution in [2.75, 3.05) is 46.9 Å². The fourth-order valence-electron chi connectivity index (χ4n) is 4.43. The molecular formula is C19H27FN2O2. The maximum absolute atomic E-state index is 13.3. The highest BCUT2D eigenvalue weighted by Crippen LogP contribution is 2.44. The molecule has 2 aliphatic heterocycles. The van der Waals surface area contributed by atoms with Gasteiger partial charge >= 0.3 is 0 Å². The predicted molar refractivity (Wildman–Crippen MR) is 91.2 cm³/mol. The van der Waals surface area contributed by atoms with Crippen LogP contribution in [0.1, 0.15) is 18.4 Å². The van der Waals surface area contributed by atoms with Crippen molar-refractivity contribution < 1.29 is 13.9 Å². The lowest BCUT2D eigenvalue weighted by atomic mass is 9.71. The highest BCUT2D eigenvalue weighted by atomic mass is 19.1. The number of carbonyl (C=O) groups is 1. The molecule has 0 aromatic heterocycles. The molecule has 132 valence electrons. The summed E-state index contributed by atoms with van der Waals surface area (Å²) in [6.07, 6.45) is 2.34. The number of rotatable bonds is 4. The fraction of sp³-hybridized carbons (Fsp3) is 0.632. The molecule has 0 N–H and O–H groups in total. The Morgan fingerprint density at radius 3 is 2.79 bits per heavy atom. The first-order valence-electron chi connectivity index (χ1n) is 8.72. The summed E-state index contributed by atoms with van der Waals surface area (Å²) in [5, 5.41) is 0. The summed E-state index contributed by atoms with van der Waals surface area (Å²) in [6.45, 7) is 4.55. The van der Waals surface area contributed by atoms with Crippen LogP contribution in [0.5, 0.6) is 0 Å². The van der Waals surface area contributed by atoms with Crippen LogP contribution in [0.25, 0.3) is 0 Å². The van der Waals surface area contributed by atoms with Gasteiger partial charge in [-0.25, -0.2) is 4.39 Å². The zero-order valence-corrected chi connectivity index (χ0v) is 14.6. The lowest BCUT2D eigenvalue weighted by Crippen LogP contribution is -2.47. The number of ether oxygens (including phenoxy) is 1. The molecule has 2 aliphatic rings. The van der Waals surface area contributed by atoms with Gasteiger partial charge in [0.05, 0.1) is 13.0 Å². The molecule has 4 nitrogen and oxygen atoms in total. The predicted octanol–water partition coefficient (Wildman–Crippen LogP) is 2.18. The number of nitrogens with zero attached hydrogens (tertiary/aromatic N) is 2. The van der Waals surface area contributed by atoms with E-state index in [1.54, 1.807) is 13.2 Å². The number of methoxy groups -OCH3 is 1. The molecule has 2 fully saturated rings. The van der Waals surface area contributed by atoms with Gasteiger partial charge in [0.1, 0.15) is 5.82 Å². The van der Waals surface area contributed by atoms with Crippen LogP contribution in [0.3, 0.4) is 0 Å².